The molecule has 1 aliphatic rings. The molecule has 0 radical (unpaired) electrons. The lowest BCUT2D eigenvalue weighted by Gasteiger charge is -2.28. The summed E-state index contributed by atoms with van der Waals surface area (Å²) in [5.41, 5.74) is 4.00. The highest BCUT2D eigenvalue weighted by Crippen LogP contribution is 2.21. The number of benzene rings is 1. The van der Waals surface area contributed by atoms with Gasteiger partial charge in [0.15, 0.2) is 0 Å². The first-order valence-electron chi connectivity index (χ1n) is 10.2. The highest BCUT2D eigenvalue weighted by atomic mass is 16.5. The van der Waals surface area contributed by atoms with Crippen LogP contribution in [0.1, 0.15) is 22.7 Å². The Kier molecular flexibility index (Phi) is 6.13. The second-order valence-electron chi connectivity index (χ2n) is 7.52. The van der Waals surface area contributed by atoms with Gasteiger partial charge in [0.2, 0.25) is 11.9 Å². The molecule has 1 amide bonds. The average Bonchev–Trinajstić information content (AvgIpc) is 3.07. The molecule has 0 aliphatic carbocycles. The molecule has 2 N–H and O–H groups in total. The Morgan fingerprint density at radius 1 is 1.06 bits per heavy atom. The SMILES string of the molecule is Cc1cc(N2CCOCC2)nc(Nc2ccc(NC(=O)Cc3c(C)noc3C)cc2)n1. The van der Waals surface area contributed by atoms with Crippen LogP contribution in [0.4, 0.5) is 23.1 Å². The number of ether oxygens (including phenoxy) is 1. The van der Waals surface area contributed by atoms with Crippen LogP contribution >= 0.6 is 0 Å². The molecule has 1 saturated heterocycles. The number of nitrogens with zero attached hydrogens (tertiary/aromatic N) is 4. The summed E-state index contributed by atoms with van der Waals surface area (Å²) in [6, 6.07) is 9.42. The second kappa shape index (κ2) is 9.13. The average molecular weight is 422 g/mol. The van der Waals surface area contributed by atoms with Gasteiger partial charge in [-0.2, -0.15) is 4.98 Å². The third-order valence-electron chi connectivity index (χ3n) is 5.12. The molecule has 0 atom stereocenters. The Morgan fingerprint density at radius 3 is 2.45 bits per heavy atom. The molecule has 1 aromatic carbocycles. The maximum Gasteiger partial charge on any atom is 0.229 e. The lowest BCUT2D eigenvalue weighted by Crippen LogP contribution is -2.36. The summed E-state index contributed by atoms with van der Waals surface area (Å²) >= 11 is 0. The van der Waals surface area contributed by atoms with Crippen molar-refractivity contribution in [2.75, 3.05) is 41.8 Å². The van der Waals surface area contributed by atoms with E-state index in [1.165, 1.54) is 0 Å². The van der Waals surface area contributed by atoms with Crippen molar-refractivity contribution >= 4 is 29.0 Å². The standard InChI is InChI=1S/C22H26N6O3/c1-14-12-20(28-8-10-30-11-9-28)26-22(23-14)25-18-6-4-17(5-7-18)24-21(29)13-19-15(2)27-31-16(19)3/h4-7,12H,8-11,13H2,1-3H3,(H,24,29)(H,23,25,26). The van der Waals surface area contributed by atoms with Gasteiger partial charge in [0.25, 0.3) is 0 Å². The van der Waals surface area contributed by atoms with Crippen LogP contribution in [0.5, 0.6) is 0 Å². The molecule has 0 saturated carbocycles. The highest BCUT2D eigenvalue weighted by Gasteiger charge is 2.15. The van der Waals surface area contributed by atoms with E-state index in [4.69, 9.17) is 9.26 Å². The molecule has 3 aromatic rings. The van der Waals surface area contributed by atoms with Crippen LogP contribution in [0.25, 0.3) is 0 Å². The van der Waals surface area contributed by atoms with Gasteiger partial charge in [0.1, 0.15) is 11.6 Å². The summed E-state index contributed by atoms with van der Waals surface area (Å²) in [5, 5.41) is 10.0. The van der Waals surface area contributed by atoms with Crippen LogP contribution in [0.3, 0.4) is 0 Å². The smallest absolute Gasteiger partial charge is 0.229 e. The number of rotatable bonds is 6. The van der Waals surface area contributed by atoms with Gasteiger partial charge in [-0.15, -0.1) is 0 Å². The Bertz CT molecular complexity index is 1040. The molecular weight excluding hydrogens is 396 g/mol. The van der Waals surface area contributed by atoms with E-state index in [1.807, 2.05) is 44.2 Å². The molecule has 0 unspecified atom stereocenters. The minimum Gasteiger partial charge on any atom is -0.378 e. The van der Waals surface area contributed by atoms with Crippen LogP contribution in [0, 0.1) is 20.8 Å². The van der Waals surface area contributed by atoms with E-state index in [-0.39, 0.29) is 12.3 Å². The maximum atomic E-state index is 12.4. The number of hydrogen-bond acceptors (Lipinski definition) is 8. The van der Waals surface area contributed by atoms with Crippen molar-refractivity contribution < 1.29 is 14.1 Å². The Morgan fingerprint density at radius 2 is 1.77 bits per heavy atom. The monoisotopic (exact) mass is 422 g/mol. The summed E-state index contributed by atoms with van der Waals surface area (Å²) in [6.07, 6.45) is 0.225. The molecule has 4 rings (SSSR count). The van der Waals surface area contributed by atoms with Gasteiger partial charge >= 0.3 is 0 Å². The van der Waals surface area contributed by atoms with Crippen LogP contribution in [-0.2, 0) is 16.0 Å². The number of morpholine rings is 1. The van der Waals surface area contributed by atoms with Crippen molar-refractivity contribution in [3.05, 3.63) is 53.0 Å². The number of hydrogen-bond donors (Lipinski definition) is 2. The fourth-order valence-corrected chi connectivity index (χ4v) is 3.45. The zero-order chi connectivity index (χ0) is 21.8. The van der Waals surface area contributed by atoms with E-state index >= 15 is 0 Å². The fourth-order valence-electron chi connectivity index (χ4n) is 3.45. The lowest BCUT2D eigenvalue weighted by atomic mass is 10.1. The topological polar surface area (TPSA) is 105 Å². The molecule has 31 heavy (non-hydrogen) atoms. The highest BCUT2D eigenvalue weighted by molar-refractivity contribution is 5.92. The lowest BCUT2D eigenvalue weighted by molar-refractivity contribution is -0.115. The largest absolute Gasteiger partial charge is 0.378 e. The molecule has 3 heterocycles. The van der Waals surface area contributed by atoms with E-state index in [1.54, 1.807) is 6.92 Å². The van der Waals surface area contributed by atoms with Crippen molar-refractivity contribution in [2.45, 2.75) is 27.2 Å². The predicted octanol–water partition coefficient (Wildman–Crippen LogP) is 3.15. The number of aryl methyl sites for hydroxylation is 3. The molecule has 1 fully saturated rings. The first-order chi connectivity index (χ1) is 15.0. The number of carbonyl (C=O) groups excluding carboxylic acids is 1. The molecule has 2 aromatic heterocycles. The van der Waals surface area contributed by atoms with Crippen LogP contribution in [0.15, 0.2) is 34.9 Å². The van der Waals surface area contributed by atoms with Gasteiger partial charge in [-0.3, -0.25) is 4.79 Å². The fraction of sp³-hybridized carbons (Fsp3) is 0.364. The van der Waals surface area contributed by atoms with Gasteiger partial charge in [-0.1, -0.05) is 5.16 Å². The summed E-state index contributed by atoms with van der Waals surface area (Å²) in [4.78, 5) is 23.7. The van der Waals surface area contributed by atoms with Crippen LogP contribution in [-0.4, -0.2) is 47.3 Å². The van der Waals surface area contributed by atoms with Crippen molar-refractivity contribution in [3.8, 4) is 0 Å². The normalized spacial score (nSPS) is 13.8. The second-order valence-corrected chi connectivity index (χ2v) is 7.52. The van der Waals surface area contributed by atoms with Crippen molar-refractivity contribution in [2.24, 2.45) is 0 Å². The molecule has 9 heteroatoms. The number of amides is 1. The summed E-state index contributed by atoms with van der Waals surface area (Å²) < 4.78 is 10.5. The van der Waals surface area contributed by atoms with Gasteiger partial charge in [0.05, 0.1) is 25.3 Å². The Balaban J connectivity index is 1.39. The third-order valence-corrected chi connectivity index (χ3v) is 5.12. The van der Waals surface area contributed by atoms with Gasteiger partial charge in [-0.05, 0) is 45.0 Å². The summed E-state index contributed by atoms with van der Waals surface area (Å²) in [7, 11) is 0. The molecule has 1 aliphatic heterocycles. The van der Waals surface area contributed by atoms with Crippen molar-refractivity contribution in [1.82, 2.24) is 15.1 Å². The molecule has 0 spiro atoms. The quantitative estimate of drug-likeness (QED) is 0.624. The summed E-state index contributed by atoms with van der Waals surface area (Å²) in [5.74, 6) is 1.98. The Hall–Kier alpha value is -3.46. The third kappa shape index (κ3) is 5.18. The minimum absolute atomic E-state index is 0.118. The number of carbonyl (C=O) groups is 1. The van der Waals surface area contributed by atoms with E-state index in [0.717, 1.165) is 41.5 Å². The van der Waals surface area contributed by atoms with E-state index in [2.05, 4.69) is 30.7 Å². The van der Waals surface area contributed by atoms with Gasteiger partial charge in [-0.25, -0.2) is 4.98 Å². The van der Waals surface area contributed by atoms with Gasteiger partial charge in [0, 0.05) is 41.8 Å². The molecular formula is C22H26N6O3. The zero-order valence-electron chi connectivity index (χ0n) is 17.9. The van der Waals surface area contributed by atoms with Gasteiger partial charge < -0.3 is 24.8 Å². The predicted molar refractivity (Wildman–Crippen MR) is 118 cm³/mol. The summed E-state index contributed by atoms with van der Waals surface area (Å²) in [6.45, 7) is 8.63. The van der Waals surface area contributed by atoms with Crippen molar-refractivity contribution in [1.29, 1.82) is 0 Å². The Labute approximate surface area is 180 Å². The number of anilines is 4. The van der Waals surface area contributed by atoms with Crippen molar-refractivity contribution in [3.63, 3.8) is 0 Å². The molecule has 162 valence electrons. The molecule has 9 nitrogen and oxygen atoms in total. The van der Waals surface area contributed by atoms with Crippen LogP contribution in [0.2, 0.25) is 0 Å². The molecule has 0 bridgehead atoms. The first-order valence-corrected chi connectivity index (χ1v) is 10.2. The number of nitrogens with one attached hydrogen (secondary N) is 2. The maximum absolute atomic E-state index is 12.4. The van der Waals surface area contributed by atoms with E-state index < -0.39 is 0 Å². The van der Waals surface area contributed by atoms with E-state index in [0.29, 0.717) is 30.6 Å². The zero-order valence-corrected chi connectivity index (χ0v) is 17.9. The first kappa shape index (κ1) is 20.8. The van der Waals surface area contributed by atoms with E-state index in [9.17, 15) is 4.79 Å². The number of aromatic nitrogens is 3. The van der Waals surface area contributed by atoms with Crippen LogP contribution < -0.4 is 15.5 Å². The minimum atomic E-state index is -0.118.